The van der Waals surface area contributed by atoms with E-state index in [0.29, 0.717) is 24.0 Å². The first kappa shape index (κ1) is 12.1. The fraction of sp³-hybridized carbons (Fsp3) is 0.333. The van der Waals surface area contributed by atoms with Gasteiger partial charge in [0.05, 0.1) is 6.54 Å². The van der Waals surface area contributed by atoms with E-state index in [1.165, 1.54) is 17.0 Å². The molecule has 0 radical (unpaired) electrons. The number of nitrogens with zero attached hydrogens (tertiary/aromatic N) is 1. The van der Waals surface area contributed by atoms with Crippen LogP contribution in [0.2, 0.25) is 0 Å². The zero-order chi connectivity index (χ0) is 13.4. The Hall–Kier alpha value is -1.97. The second-order valence-corrected chi connectivity index (χ2v) is 4.99. The second-order valence-electron chi connectivity index (χ2n) is 4.99. The Morgan fingerprint density at radius 2 is 1.47 bits per heavy atom. The molecule has 1 aliphatic heterocycles. The van der Waals surface area contributed by atoms with E-state index in [-0.39, 0.29) is 24.2 Å². The van der Waals surface area contributed by atoms with Crippen molar-refractivity contribution in [2.24, 2.45) is 0 Å². The maximum atomic E-state index is 12.8. The van der Waals surface area contributed by atoms with Crippen molar-refractivity contribution < 1.29 is 14.0 Å². The molecule has 2 amide bonds. The molecule has 3 rings (SSSR count). The van der Waals surface area contributed by atoms with Gasteiger partial charge in [-0.1, -0.05) is 12.1 Å². The lowest BCUT2D eigenvalue weighted by Crippen LogP contribution is -2.31. The molecule has 1 aromatic rings. The summed E-state index contributed by atoms with van der Waals surface area (Å²) in [6.07, 6.45) is 3.37. The average Bonchev–Trinajstić information content (AvgIpc) is 2.67. The third kappa shape index (κ3) is 2.07. The molecule has 98 valence electrons. The molecule has 0 atom stereocenters. The Labute approximate surface area is 110 Å². The molecule has 0 fully saturated rings. The first-order valence-corrected chi connectivity index (χ1v) is 6.49. The van der Waals surface area contributed by atoms with Gasteiger partial charge in [-0.2, -0.15) is 0 Å². The molecular formula is C15H14FNO2. The first-order valence-electron chi connectivity index (χ1n) is 6.49. The van der Waals surface area contributed by atoms with Gasteiger partial charge in [-0.25, -0.2) is 4.39 Å². The van der Waals surface area contributed by atoms with Gasteiger partial charge in [0.2, 0.25) is 0 Å². The topological polar surface area (TPSA) is 37.4 Å². The van der Waals surface area contributed by atoms with Gasteiger partial charge in [0.1, 0.15) is 5.82 Å². The smallest absolute Gasteiger partial charge is 0.257 e. The number of halogens is 1. The van der Waals surface area contributed by atoms with Crippen LogP contribution in [0, 0.1) is 5.82 Å². The van der Waals surface area contributed by atoms with Gasteiger partial charge in [-0.05, 0) is 43.4 Å². The van der Waals surface area contributed by atoms with Crippen LogP contribution in [-0.4, -0.2) is 16.7 Å². The summed E-state index contributed by atoms with van der Waals surface area (Å²) < 4.78 is 12.8. The molecule has 1 aliphatic carbocycles. The van der Waals surface area contributed by atoms with Gasteiger partial charge in [-0.3, -0.25) is 14.5 Å². The summed E-state index contributed by atoms with van der Waals surface area (Å²) in [6, 6.07) is 5.89. The van der Waals surface area contributed by atoms with Crippen molar-refractivity contribution in [3.05, 3.63) is 46.8 Å². The molecule has 1 heterocycles. The van der Waals surface area contributed by atoms with Crippen LogP contribution < -0.4 is 0 Å². The monoisotopic (exact) mass is 259 g/mol. The Morgan fingerprint density at radius 3 is 2.00 bits per heavy atom. The highest BCUT2D eigenvalue weighted by Gasteiger charge is 2.38. The largest absolute Gasteiger partial charge is 0.270 e. The van der Waals surface area contributed by atoms with Crippen molar-refractivity contribution in [3.8, 4) is 0 Å². The van der Waals surface area contributed by atoms with Crippen molar-refractivity contribution in [2.45, 2.75) is 32.2 Å². The Bertz CT molecular complexity index is 546. The van der Waals surface area contributed by atoms with Crippen molar-refractivity contribution in [1.29, 1.82) is 0 Å². The van der Waals surface area contributed by atoms with Gasteiger partial charge in [0.15, 0.2) is 0 Å². The lowest BCUT2D eigenvalue weighted by molar-refractivity contribution is -0.138. The van der Waals surface area contributed by atoms with Gasteiger partial charge >= 0.3 is 0 Å². The van der Waals surface area contributed by atoms with Crippen LogP contribution in [0.4, 0.5) is 4.39 Å². The minimum absolute atomic E-state index is 0.163. The summed E-state index contributed by atoms with van der Waals surface area (Å²) in [7, 11) is 0. The van der Waals surface area contributed by atoms with Gasteiger partial charge in [0, 0.05) is 11.1 Å². The summed E-state index contributed by atoms with van der Waals surface area (Å²) in [5, 5.41) is 0. The summed E-state index contributed by atoms with van der Waals surface area (Å²) >= 11 is 0. The fourth-order valence-corrected chi connectivity index (χ4v) is 2.71. The van der Waals surface area contributed by atoms with Crippen LogP contribution in [0.15, 0.2) is 35.4 Å². The third-order valence-corrected chi connectivity index (χ3v) is 3.73. The van der Waals surface area contributed by atoms with Gasteiger partial charge in [0.25, 0.3) is 11.8 Å². The quantitative estimate of drug-likeness (QED) is 0.765. The van der Waals surface area contributed by atoms with Crippen LogP contribution in [0.5, 0.6) is 0 Å². The number of rotatable bonds is 2. The highest BCUT2D eigenvalue weighted by molar-refractivity contribution is 6.19. The Kier molecular flexibility index (Phi) is 2.93. The van der Waals surface area contributed by atoms with Crippen molar-refractivity contribution in [2.75, 3.05) is 0 Å². The molecule has 0 unspecified atom stereocenters. The molecule has 19 heavy (non-hydrogen) atoms. The number of carbonyl (C=O) groups excluding carboxylic acids is 2. The number of hydrogen-bond acceptors (Lipinski definition) is 2. The van der Waals surface area contributed by atoms with Gasteiger partial charge in [-0.15, -0.1) is 0 Å². The highest BCUT2D eigenvalue weighted by atomic mass is 19.1. The second kappa shape index (κ2) is 4.61. The summed E-state index contributed by atoms with van der Waals surface area (Å²) in [5.74, 6) is -0.645. The maximum absolute atomic E-state index is 12.8. The zero-order valence-corrected chi connectivity index (χ0v) is 10.5. The predicted octanol–water partition coefficient (Wildman–Crippen LogP) is 2.57. The van der Waals surface area contributed by atoms with Crippen molar-refractivity contribution in [3.63, 3.8) is 0 Å². The molecule has 4 heteroatoms. The molecule has 0 aromatic heterocycles. The molecule has 0 N–H and O–H groups in total. The average molecular weight is 259 g/mol. The van der Waals surface area contributed by atoms with Crippen molar-refractivity contribution in [1.82, 2.24) is 4.90 Å². The van der Waals surface area contributed by atoms with Gasteiger partial charge < -0.3 is 0 Å². The number of carbonyl (C=O) groups is 2. The lowest BCUT2D eigenvalue weighted by atomic mass is 9.93. The summed E-state index contributed by atoms with van der Waals surface area (Å²) in [6.45, 7) is 0.227. The molecule has 2 aliphatic rings. The van der Waals surface area contributed by atoms with Crippen molar-refractivity contribution >= 4 is 11.8 Å². The molecule has 0 saturated carbocycles. The number of imide groups is 1. The SMILES string of the molecule is O=C1C2=C(CCCC2)C(=O)N1Cc1ccc(F)cc1. The normalized spacial score (nSPS) is 19.1. The minimum Gasteiger partial charge on any atom is -0.270 e. The van der Waals surface area contributed by atoms with E-state index in [0.717, 1.165) is 18.4 Å². The maximum Gasteiger partial charge on any atom is 0.257 e. The predicted molar refractivity (Wildman–Crippen MR) is 67.5 cm³/mol. The first-order chi connectivity index (χ1) is 9.16. The summed E-state index contributed by atoms with van der Waals surface area (Å²) in [5.41, 5.74) is 2.15. The molecule has 0 bridgehead atoms. The van der Waals surface area contributed by atoms with E-state index in [2.05, 4.69) is 0 Å². The summed E-state index contributed by atoms with van der Waals surface area (Å²) in [4.78, 5) is 25.7. The van der Waals surface area contributed by atoms with E-state index >= 15 is 0 Å². The number of hydrogen-bond donors (Lipinski definition) is 0. The van der Waals surface area contributed by atoms with E-state index in [4.69, 9.17) is 0 Å². The molecule has 0 spiro atoms. The van der Waals surface area contributed by atoms with E-state index < -0.39 is 0 Å². The zero-order valence-electron chi connectivity index (χ0n) is 10.5. The van der Waals surface area contributed by atoms with E-state index in [9.17, 15) is 14.0 Å². The van der Waals surface area contributed by atoms with Crippen LogP contribution >= 0.6 is 0 Å². The molecule has 3 nitrogen and oxygen atoms in total. The van der Waals surface area contributed by atoms with Crippen LogP contribution in [0.3, 0.4) is 0 Å². The third-order valence-electron chi connectivity index (χ3n) is 3.73. The standard InChI is InChI=1S/C15H14FNO2/c16-11-7-5-10(6-8-11)9-17-14(18)12-3-1-2-4-13(12)15(17)19/h5-8H,1-4,9H2. The fourth-order valence-electron chi connectivity index (χ4n) is 2.71. The molecule has 0 saturated heterocycles. The van der Waals surface area contributed by atoms with E-state index in [1.54, 1.807) is 12.1 Å². The van der Waals surface area contributed by atoms with Crippen LogP contribution in [-0.2, 0) is 16.1 Å². The minimum atomic E-state index is -0.319. The lowest BCUT2D eigenvalue weighted by Gasteiger charge is -2.14. The Balaban J connectivity index is 1.82. The van der Waals surface area contributed by atoms with E-state index in [1.807, 2.05) is 0 Å². The number of benzene rings is 1. The number of amides is 2. The highest BCUT2D eigenvalue weighted by Crippen LogP contribution is 2.33. The Morgan fingerprint density at radius 1 is 0.947 bits per heavy atom. The molecular weight excluding hydrogens is 245 g/mol. The molecule has 1 aromatic carbocycles. The van der Waals surface area contributed by atoms with Crippen LogP contribution in [0.1, 0.15) is 31.2 Å². The van der Waals surface area contributed by atoms with Crippen LogP contribution in [0.25, 0.3) is 0 Å².